The number of likely N-dealkylation sites (tertiary alicyclic amines) is 2. The standard InChI is InChI=1S/C27H35N3O2/c1-19-8-7-9-20(2)25(19)27(32)29-16-13-24(14-17-29)30-15-12-23(18-30)26(28-21(3)31)22-10-5-4-6-11-22/h4-11,23-24,26H,12-18H2,1-3H3,(H,28,31)/t23-,26?/m0/s1. The van der Waals surface area contributed by atoms with Crippen molar-refractivity contribution in [3.05, 3.63) is 70.8 Å². The molecule has 0 radical (unpaired) electrons. The number of piperidine rings is 1. The first-order chi connectivity index (χ1) is 15.4. The van der Waals surface area contributed by atoms with Crippen LogP contribution in [0.15, 0.2) is 48.5 Å². The molecule has 1 N–H and O–H groups in total. The van der Waals surface area contributed by atoms with Gasteiger partial charge in [-0.15, -0.1) is 0 Å². The highest BCUT2D eigenvalue weighted by Crippen LogP contribution is 2.33. The Bertz CT molecular complexity index is 930. The number of carbonyl (C=O) groups is 2. The summed E-state index contributed by atoms with van der Waals surface area (Å²) in [5, 5.41) is 3.19. The van der Waals surface area contributed by atoms with Gasteiger partial charge in [-0.05, 0) is 62.3 Å². The molecule has 5 heteroatoms. The van der Waals surface area contributed by atoms with Gasteiger partial charge in [-0.1, -0.05) is 48.5 Å². The Morgan fingerprint density at radius 1 is 0.906 bits per heavy atom. The number of carbonyl (C=O) groups excluding carboxylic acids is 2. The molecule has 2 aliphatic heterocycles. The minimum absolute atomic E-state index is 0.0237. The summed E-state index contributed by atoms with van der Waals surface area (Å²) in [5.74, 6) is 0.611. The zero-order chi connectivity index (χ0) is 22.7. The molecular formula is C27H35N3O2. The lowest BCUT2D eigenvalue weighted by atomic mass is 9.92. The highest BCUT2D eigenvalue weighted by molar-refractivity contribution is 5.97. The molecule has 2 saturated heterocycles. The Morgan fingerprint density at radius 3 is 2.19 bits per heavy atom. The average Bonchev–Trinajstić information content (AvgIpc) is 3.28. The Kier molecular flexibility index (Phi) is 6.95. The zero-order valence-electron chi connectivity index (χ0n) is 19.5. The number of benzene rings is 2. The number of nitrogens with one attached hydrogen (secondary N) is 1. The van der Waals surface area contributed by atoms with Crippen molar-refractivity contribution in [2.75, 3.05) is 26.2 Å². The lowest BCUT2D eigenvalue weighted by molar-refractivity contribution is -0.120. The maximum Gasteiger partial charge on any atom is 0.254 e. The van der Waals surface area contributed by atoms with E-state index in [9.17, 15) is 9.59 Å². The second-order valence-electron chi connectivity index (χ2n) is 9.42. The molecule has 0 saturated carbocycles. The first-order valence-electron chi connectivity index (χ1n) is 11.9. The number of hydrogen-bond donors (Lipinski definition) is 1. The van der Waals surface area contributed by atoms with Crippen molar-refractivity contribution in [1.82, 2.24) is 15.1 Å². The van der Waals surface area contributed by atoms with E-state index in [4.69, 9.17) is 0 Å². The summed E-state index contributed by atoms with van der Waals surface area (Å²) in [5.41, 5.74) is 4.17. The normalized spacial score (nSPS) is 20.8. The van der Waals surface area contributed by atoms with E-state index in [-0.39, 0.29) is 17.9 Å². The number of amides is 2. The summed E-state index contributed by atoms with van der Waals surface area (Å²) in [6.07, 6.45) is 3.11. The second kappa shape index (κ2) is 9.86. The summed E-state index contributed by atoms with van der Waals surface area (Å²) < 4.78 is 0. The van der Waals surface area contributed by atoms with Crippen molar-refractivity contribution in [2.24, 2.45) is 5.92 Å². The SMILES string of the molecule is CC(=O)NC(c1ccccc1)[C@H]1CCN(C2CCN(C(=O)c3c(C)cccc3C)CC2)C1. The van der Waals surface area contributed by atoms with Crippen molar-refractivity contribution < 1.29 is 9.59 Å². The molecule has 0 bridgehead atoms. The molecule has 2 fully saturated rings. The molecule has 1 unspecified atom stereocenters. The van der Waals surface area contributed by atoms with Crippen LogP contribution < -0.4 is 5.32 Å². The van der Waals surface area contributed by atoms with Crippen LogP contribution in [0.2, 0.25) is 0 Å². The van der Waals surface area contributed by atoms with Crippen molar-refractivity contribution >= 4 is 11.8 Å². The zero-order valence-corrected chi connectivity index (χ0v) is 19.5. The Morgan fingerprint density at radius 2 is 1.56 bits per heavy atom. The molecule has 0 aromatic heterocycles. The number of aryl methyl sites for hydroxylation is 2. The molecule has 2 aromatic carbocycles. The van der Waals surface area contributed by atoms with Gasteiger partial charge in [-0.25, -0.2) is 0 Å². The maximum atomic E-state index is 13.1. The van der Waals surface area contributed by atoms with Crippen LogP contribution in [0.1, 0.15) is 59.3 Å². The first kappa shape index (κ1) is 22.5. The summed E-state index contributed by atoms with van der Waals surface area (Å²) in [6.45, 7) is 9.33. The molecule has 2 atom stereocenters. The van der Waals surface area contributed by atoms with E-state index in [2.05, 4.69) is 22.3 Å². The van der Waals surface area contributed by atoms with Gasteiger partial charge >= 0.3 is 0 Å². The van der Waals surface area contributed by atoms with Crippen LogP contribution in [-0.2, 0) is 4.79 Å². The van der Waals surface area contributed by atoms with Crippen LogP contribution >= 0.6 is 0 Å². The monoisotopic (exact) mass is 433 g/mol. The molecule has 0 spiro atoms. The highest BCUT2D eigenvalue weighted by atomic mass is 16.2. The fourth-order valence-electron chi connectivity index (χ4n) is 5.52. The molecule has 32 heavy (non-hydrogen) atoms. The molecule has 2 heterocycles. The van der Waals surface area contributed by atoms with Crippen LogP contribution in [0.3, 0.4) is 0 Å². The van der Waals surface area contributed by atoms with Crippen LogP contribution in [0.4, 0.5) is 0 Å². The van der Waals surface area contributed by atoms with E-state index in [0.717, 1.165) is 62.1 Å². The minimum atomic E-state index is 0.0237. The Balaban J connectivity index is 1.36. The van der Waals surface area contributed by atoms with E-state index >= 15 is 0 Å². The minimum Gasteiger partial charge on any atom is -0.349 e. The van der Waals surface area contributed by atoms with E-state index in [0.29, 0.717) is 12.0 Å². The molecule has 2 amide bonds. The number of nitrogens with zero attached hydrogens (tertiary/aromatic N) is 2. The van der Waals surface area contributed by atoms with Gasteiger partial charge < -0.3 is 10.2 Å². The molecule has 170 valence electrons. The molecule has 2 aliphatic rings. The van der Waals surface area contributed by atoms with Crippen LogP contribution in [0.5, 0.6) is 0 Å². The van der Waals surface area contributed by atoms with Gasteiger partial charge in [-0.2, -0.15) is 0 Å². The van der Waals surface area contributed by atoms with E-state index < -0.39 is 0 Å². The third-order valence-corrected chi connectivity index (χ3v) is 7.21. The van der Waals surface area contributed by atoms with Gasteiger partial charge in [0, 0.05) is 38.2 Å². The Hall–Kier alpha value is -2.66. The fraction of sp³-hybridized carbons (Fsp3) is 0.481. The fourth-order valence-corrected chi connectivity index (χ4v) is 5.52. The Labute approximate surface area is 191 Å². The van der Waals surface area contributed by atoms with Crippen LogP contribution in [-0.4, -0.2) is 53.8 Å². The van der Waals surface area contributed by atoms with Gasteiger partial charge in [0.05, 0.1) is 6.04 Å². The lowest BCUT2D eigenvalue weighted by Gasteiger charge is -2.37. The summed E-state index contributed by atoms with van der Waals surface area (Å²) in [7, 11) is 0. The highest BCUT2D eigenvalue weighted by Gasteiger charge is 2.36. The van der Waals surface area contributed by atoms with Gasteiger partial charge in [0.15, 0.2) is 0 Å². The summed E-state index contributed by atoms with van der Waals surface area (Å²) >= 11 is 0. The smallest absolute Gasteiger partial charge is 0.254 e. The van der Waals surface area contributed by atoms with E-state index in [1.807, 2.05) is 55.1 Å². The van der Waals surface area contributed by atoms with Crippen molar-refractivity contribution in [2.45, 2.75) is 52.1 Å². The molecule has 4 rings (SSSR count). The second-order valence-corrected chi connectivity index (χ2v) is 9.42. The number of rotatable bonds is 5. The van der Waals surface area contributed by atoms with Gasteiger partial charge in [0.1, 0.15) is 0 Å². The third kappa shape index (κ3) is 4.88. The van der Waals surface area contributed by atoms with Crippen LogP contribution in [0, 0.1) is 19.8 Å². The summed E-state index contributed by atoms with van der Waals surface area (Å²) in [6, 6.07) is 17.0. The first-order valence-corrected chi connectivity index (χ1v) is 11.9. The van der Waals surface area contributed by atoms with Crippen molar-refractivity contribution in [3.8, 4) is 0 Å². The number of hydrogen-bond acceptors (Lipinski definition) is 3. The van der Waals surface area contributed by atoms with Crippen molar-refractivity contribution in [3.63, 3.8) is 0 Å². The van der Waals surface area contributed by atoms with Gasteiger partial charge in [0.25, 0.3) is 5.91 Å². The molecule has 0 aliphatic carbocycles. The maximum absolute atomic E-state index is 13.1. The predicted molar refractivity (Wildman–Crippen MR) is 128 cm³/mol. The molecular weight excluding hydrogens is 398 g/mol. The topological polar surface area (TPSA) is 52.7 Å². The quantitative estimate of drug-likeness (QED) is 0.772. The lowest BCUT2D eigenvalue weighted by Crippen LogP contribution is -2.46. The van der Waals surface area contributed by atoms with E-state index in [1.165, 1.54) is 5.56 Å². The van der Waals surface area contributed by atoms with Crippen LogP contribution in [0.25, 0.3) is 0 Å². The average molecular weight is 434 g/mol. The molecule has 2 aromatic rings. The largest absolute Gasteiger partial charge is 0.349 e. The molecule has 5 nitrogen and oxygen atoms in total. The third-order valence-electron chi connectivity index (χ3n) is 7.21. The van der Waals surface area contributed by atoms with E-state index in [1.54, 1.807) is 6.92 Å². The predicted octanol–water partition coefficient (Wildman–Crippen LogP) is 4.11. The van der Waals surface area contributed by atoms with Crippen molar-refractivity contribution in [1.29, 1.82) is 0 Å². The van der Waals surface area contributed by atoms with Gasteiger partial charge in [-0.3, -0.25) is 14.5 Å². The van der Waals surface area contributed by atoms with Gasteiger partial charge in [0.2, 0.25) is 5.91 Å². The summed E-state index contributed by atoms with van der Waals surface area (Å²) in [4.78, 5) is 29.6.